The monoisotopic (exact) mass is 238 g/mol. The molecule has 0 aliphatic rings. The van der Waals surface area contributed by atoms with Gasteiger partial charge in [-0.05, 0) is 24.3 Å². The van der Waals surface area contributed by atoms with E-state index in [2.05, 4.69) is 10.1 Å². The number of methoxy groups -OCH3 is 1. The van der Waals surface area contributed by atoms with Gasteiger partial charge in [0.05, 0.1) is 13.7 Å². The second-order valence-corrected chi connectivity index (χ2v) is 3.35. The van der Waals surface area contributed by atoms with E-state index in [0.29, 0.717) is 11.3 Å². The Hall–Kier alpha value is -2.08. The highest BCUT2D eigenvalue weighted by Crippen LogP contribution is 2.05. The number of hydrogen-bond acceptors (Lipinski definition) is 5. The Balaban J connectivity index is 2.71. The fraction of sp³-hybridized carbons (Fsp3) is 0.273. The third-order valence-electron chi connectivity index (χ3n) is 2.15. The topological polar surface area (TPSA) is 102 Å². The van der Waals surface area contributed by atoms with E-state index in [9.17, 15) is 9.59 Å². The molecule has 4 N–H and O–H groups in total. The van der Waals surface area contributed by atoms with Gasteiger partial charge in [-0.2, -0.15) is 0 Å². The second kappa shape index (κ2) is 5.86. The summed E-state index contributed by atoms with van der Waals surface area (Å²) in [6.07, 6.45) is 0. The number of aliphatic hydroxyl groups excluding tert-OH is 1. The van der Waals surface area contributed by atoms with Gasteiger partial charge in [-0.25, -0.2) is 4.79 Å². The number of nitrogens with one attached hydrogen (secondary N) is 1. The van der Waals surface area contributed by atoms with Gasteiger partial charge in [0.25, 0.3) is 5.91 Å². The second-order valence-electron chi connectivity index (χ2n) is 3.35. The molecule has 1 aromatic carbocycles. The molecule has 0 heterocycles. The fourth-order valence-corrected chi connectivity index (χ4v) is 1.20. The van der Waals surface area contributed by atoms with Crippen molar-refractivity contribution >= 4 is 17.6 Å². The van der Waals surface area contributed by atoms with Crippen LogP contribution in [0.1, 0.15) is 10.4 Å². The molecular formula is C11H14N2O4. The zero-order valence-electron chi connectivity index (χ0n) is 9.34. The van der Waals surface area contributed by atoms with Crippen molar-refractivity contribution in [2.75, 3.05) is 19.5 Å². The van der Waals surface area contributed by atoms with Crippen molar-refractivity contribution in [3.05, 3.63) is 29.8 Å². The van der Waals surface area contributed by atoms with Crippen LogP contribution in [-0.2, 0) is 9.53 Å². The predicted octanol–water partition coefficient (Wildman–Crippen LogP) is -0.468. The number of amides is 1. The molecule has 0 bridgehead atoms. The first-order valence-corrected chi connectivity index (χ1v) is 4.93. The van der Waals surface area contributed by atoms with E-state index in [0.717, 1.165) is 0 Å². The summed E-state index contributed by atoms with van der Waals surface area (Å²) in [5, 5.41) is 11.3. The number of esters is 1. The summed E-state index contributed by atoms with van der Waals surface area (Å²) < 4.78 is 4.43. The van der Waals surface area contributed by atoms with E-state index >= 15 is 0 Å². The van der Waals surface area contributed by atoms with Crippen LogP contribution in [-0.4, -0.2) is 36.7 Å². The number of carbonyl (C=O) groups is 2. The van der Waals surface area contributed by atoms with Crippen molar-refractivity contribution in [2.45, 2.75) is 6.04 Å². The van der Waals surface area contributed by atoms with Gasteiger partial charge in [-0.3, -0.25) is 4.79 Å². The Morgan fingerprint density at radius 3 is 2.47 bits per heavy atom. The Morgan fingerprint density at radius 1 is 1.41 bits per heavy atom. The van der Waals surface area contributed by atoms with E-state index in [1.807, 2.05) is 0 Å². The molecule has 6 nitrogen and oxygen atoms in total. The van der Waals surface area contributed by atoms with Crippen molar-refractivity contribution in [3.8, 4) is 0 Å². The van der Waals surface area contributed by atoms with Crippen LogP contribution in [0.3, 0.4) is 0 Å². The zero-order chi connectivity index (χ0) is 12.8. The number of aliphatic hydroxyl groups is 1. The Labute approximate surface area is 98.4 Å². The van der Waals surface area contributed by atoms with Crippen LogP contribution < -0.4 is 11.1 Å². The predicted molar refractivity (Wildman–Crippen MR) is 61.2 cm³/mol. The SMILES string of the molecule is COC(=O)[C@H](CO)NC(=O)c1ccc(N)cc1. The van der Waals surface area contributed by atoms with E-state index in [1.54, 1.807) is 12.1 Å². The van der Waals surface area contributed by atoms with Crippen LogP contribution in [0.4, 0.5) is 5.69 Å². The minimum Gasteiger partial charge on any atom is -0.467 e. The quantitative estimate of drug-likeness (QED) is 0.486. The molecule has 0 radical (unpaired) electrons. The zero-order valence-corrected chi connectivity index (χ0v) is 9.34. The van der Waals surface area contributed by atoms with E-state index in [1.165, 1.54) is 19.2 Å². The number of anilines is 1. The molecule has 0 aliphatic heterocycles. The molecule has 0 unspecified atom stereocenters. The first-order valence-electron chi connectivity index (χ1n) is 4.93. The van der Waals surface area contributed by atoms with Gasteiger partial charge in [-0.1, -0.05) is 0 Å². The van der Waals surface area contributed by atoms with Gasteiger partial charge in [-0.15, -0.1) is 0 Å². The molecule has 1 amide bonds. The number of rotatable bonds is 4. The Bertz CT molecular complexity index is 402. The summed E-state index contributed by atoms with van der Waals surface area (Å²) in [6, 6.07) is 5.12. The first-order chi connectivity index (χ1) is 8.08. The van der Waals surface area contributed by atoms with Gasteiger partial charge >= 0.3 is 5.97 Å². The van der Waals surface area contributed by atoms with Crippen LogP contribution in [0.15, 0.2) is 24.3 Å². The average Bonchev–Trinajstić information content (AvgIpc) is 2.35. The molecule has 0 aliphatic carbocycles. The summed E-state index contributed by atoms with van der Waals surface area (Å²) in [5.74, 6) is -1.18. The van der Waals surface area contributed by atoms with E-state index in [4.69, 9.17) is 10.8 Å². The number of nitrogens with two attached hydrogens (primary N) is 1. The summed E-state index contributed by atoms with van der Waals surface area (Å²) in [7, 11) is 1.18. The van der Waals surface area contributed by atoms with Crippen molar-refractivity contribution < 1.29 is 19.4 Å². The molecule has 0 saturated heterocycles. The third-order valence-corrected chi connectivity index (χ3v) is 2.15. The summed E-state index contributed by atoms with van der Waals surface area (Å²) in [6.45, 7) is -0.520. The normalized spacial score (nSPS) is 11.6. The lowest BCUT2D eigenvalue weighted by Gasteiger charge is -2.13. The van der Waals surface area contributed by atoms with Gasteiger partial charge in [0, 0.05) is 11.3 Å². The molecule has 1 aromatic rings. The molecule has 1 rings (SSSR count). The summed E-state index contributed by atoms with van der Waals surface area (Å²) in [5.41, 5.74) is 6.36. The highest BCUT2D eigenvalue weighted by Gasteiger charge is 2.20. The van der Waals surface area contributed by atoms with Crippen molar-refractivity contribution in [3.63, 3.8) is 0 Å². The highest BCUT2D eigenvalue weighted by atomic mass is 16.5. The van der Waals surface area contributed by atoms with Crippen LogP contribution in [0.2, 0.25) is 0 Å². The molecule has 0 saturated carbocycles. The lowest BCUT2D eigenvalue weighted by molar-refractivity contribution is -0.143. The van der Waals surface area contributed by atoms with Gasteiger partial charge < -0.3 is 20.9 Å². The van der Waals surface area contributed by atoms with Crippen molar-refractivity contribution in [1.29, 1.82) is 0 Å². The molecule has 92 valence electrons. The molecule has 1 atom stereocenters. The van der Waals surface area contributed by atoms with Gasteiger partial charge in [0.2, 0.25) is 0 Å². The average molecular weight is 238 g/mol. The van der Waals surface area contributed by atoms with Crippen molar-refractivity contribution in [2.24, 2.45) is 0 Å². The van der Waals surface area contributed by atoms with Gasteiger partial charge in [0.1, 0.15) is 0 Å². The first kappa shape index (κ1) is 13.0. The summed E-state index contributed by atoms with van der Waals surface area (Å²) in [4.78, 5) is 22.8. The Morgan fingerprint density at radius 2 is 2.00 bits per heavy atom. The van der Waals surface area contributed by atoms with Crippen LogP contribution >= 0.6 is 0 Å². The van der Waals surface area contributed by atoms with E-state index < -0.39 is 24.5 Å². The highest BCUT2D eigenvalue weighted by molar-refractivity contribution is 5.97. The van der Waals surface area contributed by atoms with Crippen molar-refractivity contribution in [1.82, 2.24) is 5.32 Å². The van der Waals surface area contributed by atoms with Crippen LogP contribution in [0, 0.1) is 0 Å². The smallest absolute Gasteiger partial charge is 0.330 e. The minimum atomic E-state index is -1.06. The maximum atomic E-state index is 11.7. The maximum absolute atomic E-state index is 11.7. The molecule has 6 heteroatoms. The van der Waals surface area contributed by atoms with Gasteiger partial charge in [0.15, 0.2) is 6.04 Å². The standard InChI is InChI=1S/C11H14N2O4/c1-17-11(16)9(6-14)13-10(15)7-2-4-8(12)5-3-7/h2-5,9,14H,6,12H2,1H3,(H,13,15)/t9-/m0/s1. The third kappa shape index (κ3) is 3.46. The largest absolute Gasteiger partial charge is 0.467 e. The maximum Gasteiger partial charge on any atom is 0.330 e. The minimum absolute atomic E-state index is 0.349. The number of hydrogen-bond donors (Lipinski definition) is 3. The fourth-order valence-electron chi connectivity index (χ4n) is 1.20. The number of carbonyl (C=O) groups excluding carboxylic acids is 2. The molecule has 0 spiro atoms. The van der Waals surface area contributed by atoms with E-state index in [-0.39, 0.29) is 0 Å². The number of nitrogen functional groups attached to an aromatic ring is 1. The lowest BCUT2D eigenvalue weighted by atomic mass is 10.2. The molecule has 17 heavy (non-hydrogen) atoms. The number of benzene rings is 1. The number of ether oxygens (including phenoxy) is 1. The summed E-state index contributed by atoms with van der Waals surface area (Å²) >= 11 is 0. The van der Waals surface area contributed by atoms with Crippen LogP contribution in [0.25, 0.3) is 0 Å². The molecule has 0 aromatic heterocycles. The molecule has 0 fully saturated rings. The lowest BCUT2D eigenvalue weighted by Crippen LogP contribution is -2.44. The van der Waals surface area contributed by atoms with Crippen LogP contribution in [0.5, 0.6) is 0 Å². The Kier molecular flexibility index (Phi) is 4.47. The molecular weight excluding hydrogens is 224 g/mol.